The van der Waals surface area contributed by atoms with E-state index in [4.69, 9.17) is 16.3 Å². The molecule has 0 aromatic heterocycles. The molecule has 5 heteroatoms. The van der Waals surface area contributed by atoms with Crippen LogP contribution in [0.3, 0.4) is 0 Å². The molecule has 29 heavy (non-hydrogen) atoms. The molecule has 0 heterocycles. The van der Waals surface area contributed by atoms with Gasteiger partial charge >= 0.3 is 5.97 Å². The topological polar surface area (TPSA) is 60.4 Å². The fraction of sp³-hybridized carbons (Fsp3) is 0.708. The lowest BCUT2D eigenvalue weighted by molar-refractivity contribution is -0.185. The minimum absolute atomic E-state index is 0.0423. The lowest BCUT2D eigenvalue weighted by Gasteiger charge is -2.57. The Labute approximate surface area is 177 Å². The van der Waals surface area contributed by atoms with Gasteiger partial charge in [-0.15, -0.1) is 0 Å². The average Bonchev–Trinajstić information content (AvgIpc) is 3.39. The van der Waals surface area contributed by atoms with Crippen LogP contribution in [0.1, 0.15) is 59.8 Å². The zero-order valence-electron chi connectivity index (χ0n) is 17.6. The first-order valence-electron chi connectivity index (χ1n) is 10.9. The van der Waals surface area contributed by atoms with Crippen LogP contribution in [-0.4, -0.2) is 23.1 Å². The number of ketones is 2. The van der Waals surface area contributed by atoms with Gasteiger partial charge < -0.3 is 4.74 Å². The molecule has 0 amide bonds. The molecule has 4 nitrogen and oxygen atoms in total. The van der Waals surface area contributed by atoms with Crippen LogP contribution >= 0.6 is 11.6 Å². The highest BCUT2D eigenvalue weighted by Gasteiger charge is 2.70. The second-order valence-corrected chi connectivity index (χ2v) is 10.9. The van der Waals surface area contributed by atoms with E-state index >= 15 is 0 Å². The number of hydrogen-bond acceptors (Lipinski definition) is 4. The van der Waals surface area contributed by atoms with Gasteiger partial charge in [0.05, 0.1) is 0 Å². The van der Waals surface area contributed by atoms with Crippen molar-refractivity contribution in [1.29, 1.82) is 0 Å². The zero-order chi connectivity index (χ0) is 20.9. The molecule has 0 N–H and O–H groups in total. The van der Waals surface area contributed by atoms with E-state index < -0.39 is 5.60 Å². The van der Waals surface area contributed by atoms with E-state index in [9.17, 15) is 14.4 Å². The SMILES string of the molecule is CC(=O)O[C@]1(C(C)=O)CC[C@H]2[C@H]3C=C(Cl)C4=CC(=O)[C@@H]5C[C@@H]5[C@]4(C)[C@@H]3CC[C@@]21C. The number of rotatable bonds is 2. The van der Waals surface area contributed by atoms with Gasteiger partial charge in [-0.05, 0) is 74.3 Å². The van der Waals surface area contributed by atoms with Gasteiger partial charge in [-0.25, -0.2) is 0 Å². The molecule has 8 atom stereocenters. The Bertz CT molecular complexity index is 903. The lowest BCUT2D eigenvalue weighted by Crippen LogP contribution is -2.58. The largest absolute Gasteiger partial charge is 0.451 e. The third kappa shape index (κ3) is 2.24. The highest BCUT2D eigenvalue weighted by atomic mass is 35.5. The fourth-order valence-electron chi connectivity index (χ4n) is 8.03. The molecule has 0 unspecified atom stereocenters. The number of Topliss-reactive ketones (excluding diaryl/α,β-unsaturated/α-hetero) is 1. The number of esters is 1. The van der Waals surface area contributed by atoms with Gasteiger partial charge in [-0.2, -0.15) is 0 Å². The summed E-state index contributed by atoms with van der Waals surface area (Å²) >= 11 is 6.79. The number of hydrogen-bond donors (Lipinski definition) is 0. The second-order valence-electron chi connectivity index (χ2n) is 10.5. The summed E-state index contributed by atoms with van der Waals surface area (Å²) < 4.78 is 5.82. The van der Waals surface area contributed by atoms with Crippen molar-refractivity contribution in [1.82, 2.24) is 0 Å². The summed E-state index contributed by atoms with van der Waals surface area (Å²) in [4.78, 5) is 37.1. The molecule has 5 rings (SSSR count). The van der Waals surface area contributed by atoms with Crippen LogP contribution in [0.5, 0.6) is 0 Å². The summed E-state index contributed by atoms with van der Waals surface area (Å²) in [5, 5.41) is 0.713. The molecule has 3 saturated carbocycles. The Balaban J connectivity index is 1.60. The molecule has 0 saturated heterocycles. The van der Waals surface area contributed by atoms with Crippen LogP contribution in [0.2, 0.25) is 0 Å². The molecule has 0 bridgehead atoms. The van der Waals surface area contributed by atoms with E-state index in [-0.39, 0.29) is 46.1 Å². The Morgan fingerprint density at radius 1 is 1.10 bits per heavy atom. The van der Waals surface area contributed by atoms with E-state index in [2.05, 4.69) is 19.9 Å². The quantitative estimate of drug-likeness (QED) is 0.617. The molecule has 5 aliphatic carbocycles. The maximum Gasteiger partial charge on any atom is 0.303 e. The van der Waals surface area contributed by atoms with Gasteiger partial charge in [0.25, 0.3) is 0 Å². The van der Waals surface area contributed by atoms with Crippen LogP contribution in [0, 0.1) is 40.4 Å². The Hall–Kier alpha value is -1.42. The van der Waals surface area contributed by atoms with Gasteiger partial charge in [-0.1, -0.05) is 31.5 Å². The summed E-state index contributed by atoms with van der Waals surface area (Å²) in [6, 6.07) is 0. The predicted octanol–water partition coefficient (Wildman–Crippen LogP) is 4.61. The number of carbonyl (C=O) groups excluding carboxylic acids is 3. The standard InChI is InChI=1S/C24H29ClO4/c1-12(26)24(29-13(2)27)8-6-16-14-10-20(25)19-11-21(28)15-9-18(15)23(19,4)17(14)5-7-22(16,24)3/h10-11,14-18H,5-9H2,1-4H3/t14-,15-,16+,17-,18+,22+,23+,24+/m1/s1. The minimum atomic E-state index is -1.03. The summed E-state index contributed by atoms with van der Waals surface area (Å²) in [7, 11) is 0. The fourth-order valence-corrected chi connectivity index (χ4v) is 8.43. The van der Waals surface area contributed by atoms with Crippen LogP contribution in [0.4, 0.5) is 0 Å². The molecule has 5 aliphatic rings. The number of halogens is 1. The second kappa shape index (κ2) is 5.84. The Kier molecular flexibility index (Phi) is 3.93. The minimum Gasteiger partial charge on any atom is -0.451 e. The number of carbonyl (C=O) groups is 3. The van der Waals surface area contributed by atoms with Crippen molar-refractivity contribution in [3.63, 3.8) is 0 Å². The number of fused-ring (bicyclic) bond motifs is 7. The molecule has 0 radical (unpaired) electrons. The maximum atomic E-state index is 12.8. The van der Waals surface area contributed by atoms with Crippen molar-refractivity contribution in [3.8, 4) is 0 Å². The Morgan fingerprint density at radius 2 is 1.79 bits per heavy atom. The highest BCUT2D eigenvalue weighted by Crippen LogP contribution is 2.72. The van der Waals surface area contributed by atoms with Gasteiger partial charge in [0, 0.05) is 28.7 Å². The third-order valence-electron chi connectivity index (χ3n) is 9.50. The van der Waals surface area contributed by atoms with E-state index in [1.807, 2.05) is 6.08 Å². The number of allylic oxidation sites excluding steroid dienone is 4. The molecule has 0 aromatic rings. The normalized spacial score (nSPS) is 49.7. The average molecular weight is 417 g/mol. The van der Waals surface area contributed by atoms with Gasteiger partial charge in [-0.3, -0.25) is 14.4 Å². The third-order valence-corrected chi connectivity index (χ3v) is 9.83. The van der Waals surface area contributed by atoms with Crippen molar-refractivity contribution >= 4 is 29.1 Å². The van der Waals surface area contributed by atoms with Crippen molar-refractivity contribution in [2.75, 3.05) is 0 Å². The van der Waals surface area contributed by atoms with Gasteiger partial charge in [0.1, 0.15) is 0 Å². The highest BCUT2D eigenvalue weighted by molar-refractivity contribution is 6.32. The molecule has 0 spiro atoms. The summed E-state index contributed by atoms with van der Waals surface area (Å²) in [6.45, 7) is 7.42. The van der Waals surface area contributed by atoms with Gasteiger partial charge in [0.2, 0.25) is 0 Å². The van der Waals surface area contributed by atoms with Gasteiger partial charge in [0.15, 0.2) is 17.2 Å². The molecule has 3 fully saturated rings. The summed E-state index contributed by atoms with van der Waals surface area (Å²) in [5.41, 5.74) is -0.455. The predicted molar refractivity (Wildman–Crippen MR) is 109 cm³/mol. The molecular weight excluding hydrogens is 388 g/mol. The van der Waals surface area contributed by atoms with Crippen LogP contribution < -0.4 is 0 Å². The first-order valence-corrected chi connectivity index (χ1v) is 11.3. The number of ether oxygens (including phenoxy) is 1. The van der Waals surface area contributed by atoms with Crippen molar-refractivity contribution in [2.45, 2.75) is 65.4 Å². The smallest absolute Gasteiger partial charge is 0.303 e. The van der Waals surface area contributed by atoms with Crippen LogP contribution in [0.25, 0.3) is 0 Å². The first kappa shape index (κ1) is 19.5. The zero-order valence-corrected chi connectivity index (χ0v) is 18.3. The van der Waals surface area contributed by atoms with Crippen molar-refractivity contribution < 1.29 is 19.1 Å². The summed E-state index contributed by atoms with van der Waals surface area (Å²) in [6.07, 6.45) is 8.18. The molecular formula is C24H29ClO4. The van der Waals surface area contributed by atoms with Crippen LogP contribution in [-0.2, 0) is 19.1 Å². The Morgan fingerprint density at radius 3 is 2.45 bits per heavy atom. The summed E-state index contributed by atoms with van der Waals surface area (Å²) in [5.74, 6) is 1.27. The molecule has 0 aromatic carbocycles. The van der Waals surface area contributed by atoms with E-state index in [0.717, 1.165) is 31.3 Å². The van der Waals surface area contributed by atoms with E-state index in [1.54, 1.807) is 6.92 Å². The molecule has 0 aliphatic heterocycles. The van der Waals surface area contributed by atoms with E-state index in [1.165, 1.54) is 6.92 Å². The molecule has 156 valence electrons. The van der Waals surface area contributed by atoms with Crippen LogP contribution in [0.15, 0.2) is 22.8 Å². The van der Waals surface area contributed by atoms with Crippen molar-refractivity contribution in [2.24, 2.45) is 40.4 Å². The maximum absolute atomic E-state index is 12.8. The van der Waals surface area contributed by atoms with Crippen molar-refractivity contribution in [3.05, 3.63) is 22.8 Å². The lowest BCUT2D eigenvalue weighted by atomic mass is 9.47. The monoisotopic (exact) mass is 416 g/mol. The van der Waals surface area contributed by atoms with E-state index in [0.29, 0.717) is 23.3 Å². The first-order chi connectivity index (χ1) is 13.6.